The van der Waals surface area contributed by atoms with Gasteiger partial charge in [-0.3, -0.25) is 4.79 Å². The van der Waals surface area contributed by atoms with E-state index in [-0.39, 0.29) is 12.5 Å². The van der Waals surface area contributed by atoms with Crippen LogP contribution in [0, 0.1) is 18.8 Å². The molecule has 1 aromatic heterocycles. The van der Waals surface area contributed by atoms with E-state index in [4.69, 9.17) is 4.74 Å². The molecule has 2 atom stereocenters. The van der Waals surface area contributed by atoms with Gasteiger partial charge >= 0.3 is 5.97 Å². The molecule has 3 rings (SSSR count). The highest BCUT2D eigenvalue weighted by atomic mass is 32.1. The molecular weight excluding hydrogens is 348 g/mol. The molecule has 0 unspecified atom stereocenters. The molecule has 0 bridgehead atoms. The summed E-state index contributed by atoms with van der Waals surface area (Å²) in [5, 5.41) is 0.778. The maximum absolute atomic E-state index is 12.4. The van der Waals surface area contributed by atoms with E-state index in [1.165, 1.54) is 11.3 Å². The number of benzene rings is 1. The summed E-state index contributed by atoms with van der Waals surface area (Å²) >= 11 is 1.30. The van der Waals surface area contributed by atoms with Crippen LogP contribution in [0.4, 0.5) is 0 Å². The van der Waals surface area contributed by atoms with Gasteiger partial charge < -0.3 is 9.64 Å². The van der Waals surface area contributed by atoms with E-state index in [0.717, 1.165) is 30.1 Å². The van der Waals surface area contributed by atoms with Crippen LogP contribution < -0.4 is 0 Å². The molecule has 2 heterocycles. The van der Waals surface area contributed by atoms with Crippen LogP contribution in [0.1, 0.15) is 35.6 Å². The molecule has 0 spiro atoms. The summed E-state index contributed by atoms with van der Waals surface area (Å²) < 4.78 is 5.28. The second-order valence-electron chi connectivity index (χ2n) is 7.12. The zero-order valence-electron chi connectivity index (χ0n) is 15.4. The predicted molar refractivity (Wildman–Crippen MR) is 102 cm³/mol. The Hall–Kier alpha value is -2.21. The standard InChI is InChI=1S/C20H24N2O3S/c1-13-9-14(2)11-22(10-13)17(23)12-25-20(24)18-15(3)21-19(26-18)16-7-5-4-6-8-16/h4-8,13-14H,9-12H2,1-3H3/t13-,14-/m0/s1. The minimum absolute atomic E-state index is 0.123. The quantitative estimate of drug-likeness (QED) is 0.767. The number of carbonyl (C=O) groups is 2. The Labute approximate surface area is 158 Å². The minimum atomic E-state index is -0.478. The summed E-state index contributed by atoms with van der Waals surface area (Å²) in [6.45, 7) is 7.34. The van der Waals surface area contributed by atoms with Crippen LogP contribution in [0.3, 0.4) is 0 Å². The van der Waals surface area contributed by atoms with Crippen LogP contribution in [0.25, 0.3) is 10.6 Å². The molecule has 2 aromatic rings. The highest BCUT2D eigenvalue weighted by Gasteiger charge is 2.26. The Morgan fingerprint density at radius 3 is 2.50 bits per heavy atom. The number of esters is 1. The number of carbonyl (C=O) groups excluding carboxylic acids is 2. The first-order chi connectivity index (χ1) is 12.4. The van der Waals surface area contributed by atoms with Crippen molar-refractivity contribution in [1.82, 2.24) is 9.88 Å². The van der Waals surface area contributed by atoms with Gasteiger partial charge in [-0.15, -0.1) is 11.3 Å². The lowest BCUT2D eigenvalue weighted by Crippen LogP contribution is -2.44. The van der Waals surface area contributed by atoms with E-state index < -0.39 is 5.97 Å². The van der Waals surface area contributed by atoms with Gasteiger partial charge in [0.1, 0.15) is 9.88 Å². The van der Waals surface area contributed by atoms with Crippen LogP contribution in [0.15, 0.2) is 30.3 Å². The number of rotatable bonds is 4. The van der Waals surface area contributed by atoms with Gasteiger partial charge in [-0.2, -0.15) is 0 Å². The second kappa shape index (κ2) is 7.99. The fraction of sp³-hybridized carbons (Fsp3) is 0.450. The minimum Gasteiger partial charge on any atom is -0.451 e. The maximum Gasteiger partial charge on any atom is 0.350 e. The van der Waals surface area contributed by atoms with Gasteiger partial charge in [0.05, 0.1) is 5.69 Å². The van der Waals surface area contributed by atoms with E-state index >= 15 is 0 Å². The third-order valence-electron chi connectivity index (χ3n) is 4.55. The monoisotopic (exact) mass is 372 g/mol. The highest BCUT2D eigenvalue weighted by Crippen LogP contribution is 2.28. The van der Waals surface area contributed by atoms with Crippen LogP contribution in [-0.2, 0) is 9.53 Å². The molecule has 1 aromatic carbocycles. The van der Waals surface area contributed by atoms with E-state index in [1.54, 1.807) is 11.8 Å². The fourth-order valence-corrected chi connectivity index (χ4v) is 4.41. The largest absolute Gasteiger partial charge is 0.451 e. The summed E-state index contributed by atoms with van der Waals surface area (Å²) in [6, 6.07) is 9.71. The number of ether oxygens (including phenoxy) is 1. The Bertz CT molecular complexity index is 778. The molecule has 0 aliphatic carbocycles. The van der Waals surface area contributed by atoms with Gasteiger partial charge in [-0.25, -0.2) is 9.78 Å². The van der Waals surface area contributed by atoms with Crippen LogP contribution in [-0.4, -0.2) is 41.5 Å². The van der Waals surface area contributed by atoms with Crippen molar-refractivity contribution in [3.05, 3.63) is 40.9 Å². The molecule has 0 saturated carbocycles. The average molecular weight is 372 g/mol. The molecule has 6 heteroatoms. The summed E-state index contributed by atoms with van der Waals surface area (Å²) in [6.07, 6.45) is 1.13. The SMILES string of the molecule is Cc1nc(-c2ccccc2)sc1C(=O)OCC(=O)N1C[C@@H](C)C[C@H](C)C1. The first kappa shape index (κ1) is 18.6. The Balaban J connectivity index is 1.62. The van der Waals surface area contributed by atoms with Gasteiger partial charge in [0, 0.05) is 18.7 Å². The van der Waals surface area contributed by atoms with Gasteiger partial charge in [0.15, 0.2) is 6.61 Å². The lowest BCUT2D eigenvalue weighted by molar-refractivity contribution is -0.137. The first-order valence-corrected chi connectivity index (χ1v) is 9.73. The van der Waals surface area contributed by atoms with E-state index in [9.17, 15) is 9.59 Å². The molecule has 1 saturated heterocycles. The number of piperidine rings is 1. The number of amides is 1. The number of aromatic nitrogens is 1. The molecule has 5 nitrogen and oxygen atoms in total. The predicted octanol–water partition coefficient (Wildman–Crippen LogP) is 3.78. The normalized spacial score (nSPS) is 20.0. The molecule has 1 aliphatic heterocycles. The van der Waals surface area contributed by atoms with E-state index in [0.29, 0.717) is 22.4 Å². The van der Waals surface area contributed by atoms with Crippen molar-refractivity contribution in [3.63, 3.8) is 0 Å². The third kappa shape index (κ3) is 4.30. The second-order valence-corrected chi connectivity index (χ2v) is 8.12. The van der Waals surface area contributed by atoms with Crippen molar-refractivity contribution in [3.8, 4) is 10.6 Å². The first-order valence-electron chi connectivity index (χ1n) is 8.91. The van der Waals surface area contributed by atoms with Crippen LogP contribution >= 0.6 is 11.3 Å². The number of aryl methyl sites for hydroxylation is 1. The zero-order valence-corrected chi connectivity index (χ0v) is 16.2. The summed E-state index contributed by atoms with van der Waals surface area (Å²) in [4.78, 5) is 31.5. The molecule has 1 aliphatic rings. The summed E-state index contributed by atoms with van der Waals surface area (Å²) in [5.74, 6) is 0.363. The van der Waals surface area contributed by atoms with E-state index in [2.05, 4.69) is 18.8 Å². The number of nitrogens with zero attached hydrogens (tertiary/aromatic N) is 2. The Morgan fingerprint density at radius 2 is 1.85 bits per heavy atom. The third-order valence-corrected chi connectivity index (χ3v) is 5.74. The molecule has 1 fully saturated rings. The molecule has 0 N–H and O–H groups in total. The topological polar surface area (TPSA) is 59.5 Å². The summed E-state index contributed by atoms with van der Waals surface area (Å²) in [5.41, 5.74) is 1.60. The van der Waals surface area contributed by atoms with Crippen molar-refractivity contribution < 1.29 is 14.3 Å². The average Bonchev–Trinajstić information content (AvgIpc) is 3.01. The van der Waals surface area contributed by atoms with Gasteiger partial charge in [0.25, 0.3) is 5.91 Å². The number of hydrogen-bond donors (Lipinski definition) is 0. The molecule has 1 amide bonds. The smallest absolute Gasteiger partial charge is 0.350 e. The number of likely N-dealkylation sites (tertiary alicyclic amines) is 1. The molecule has 26 heavy (non-hydrogen) atoms. The van der Waals surface area contributed by atoms with Crippen molar-refractivity contribution in [1.29, 1.82) is 0 Å². The van der Waals surface area contributed by atoms with Crippen LogP contribution in [0.2, 0.25) is 0 Å². The molecule has 138 valence electrons. The van der Waals surface area contributed by atoms with Crippen molar-refractivity contribution in [2.24, 2.45) is 11.8 Å². The Kier molecular flexibility index (Phi) is 5.71. The molecule has 0 radical (unpaired) electrons. The van der Waals surface area contributed by atoms with Gasteiger partial charge in [0.2, 0.25) is 0 Å². The zero-order chi connectivity index (χ0) is 18.7. The van der Waals surface area contributed by atoms with Gasteiger partial charge in [-0.1, -0.05) is 44.2 Å². The number of hydrogen-bond acceptors (Lipinski definition) is 5. The molecular formula is C20H24N2O3S. The summed E-state index contributed by atoms with van der Waals surface area (Å²) in [7, 11) is 0. The van der Waals surface area contributed by atoms with Crippen LogP contribution in [0.5, 0.6) is 0 Å². The fourth-order valence-electron chi connectivity index (χ4n) is 3.44. The highest BCUT2D eigenvalue weighted by molar-refractivity contribution is 7.17. The van der Waals surface area contributed by atoms with Crippen molar-refractivity contribution in [2.45, 2.75) is 27.2 Å². The maximum atomic E-state index is 12.4. The van der Waals surface area contributed by atoms with Crippen molar-refractivity contribution >= 4 is 23.2 Å². The van der Waals surface area contributed by atoms with E-state index in [1.807, 2.05) is 30.3 Å². The Morgan fingerprint density at radius 1 is 1.19 bits per heavy atom. The lowest BCUT2D eigenvalue weighted by atomic mass is 9.92. The van der Waals surface area contributed by atoms with Gasteiger partial charge in [-0.05, 0) is 25.2 Å². The number of thiazole rings is 1. The van der Waals surface area contributed by atoms with Crippen molar-refractivity contribution in [2.75, 3.05) is 19.7 Å². The lowest BCUT2D eigenvalue weighted by Gasteiger charge is -2.34.